The molecule has 0 aromatic heterocycles. The van der Waals surface area contributed by atoms with Crippen molar-refractivity contribution in [1.29, 1.82) is 0 Å². The summed E-state index contributed by atoms with van der Waals surface area (Å²) in [6.45, 7) is 6.76. The molecule has 0 radical (unpaired) electrons. The predicted molar refractivity (Wildman–Crippen MR) is 77.8 cm³/mol. The number of nitrogens with two attached hydrogens (primary N) is 1. The van der Waals surface area contributed by atoms with Crippen LogP contribution in [0.2, 0.25) is 0 Å². The molecular formula is C15H24N2O2. The average Bonchev–Trinajstić information content (AvgIpc) is 2.46. The highest BCUT2D eigenvalue weighted by Crippen LogP contribution is 2.34. The molecule has 1 aliphatic rings. The molecule has 1 aromatic rings. The van der Waals surface area contributed by atoms with Crippen LogP contribution in [0.5, 0.6) is 5.75 Å². The standard InChI is InChI=1S/C15H24N2O2/c1-4-12-10-17(8-9-19-12)13-6-5-7-14(18-3)15(13)11(2)16/h5-7,11-12H,4,8-10,16H2,1-3H3. The molecule has 1 saturated heterocycles. The number of morpholine rings is 1. The van der Waals surface area contributed by atoms with Crippen LogP contribution in [-0.4, -0.2) is 32.9 Å². The summed E-state index contributed by atoms with van der Waals surface area (Å²) < 4.78 is 11.2. The van der Waals surface area contributed by atoms with Crippen molar-refractivity contribution in [1.82, 2.24) is 0 Å². The third-order valence-corrected chi connectivity index (χ3v) is 3.65. The van der Waals surface area contributed by atoms with E-state index >= 15 is 0 Å². The van der Waals surface area contributed by atoms with Gasteiger partial charge in [-0.15, -0.1) is 0 Å². The minimum Gasteiger partial charge on any atom is -0.496 e. The zero-order valence-corrected chi connectivity index (χ0v) is 12.1. The third-order valence-electron chi connectivity index (χ3n) is 3.65. The Balaban J connectivity index is 2.33. The van der Waals surface area contributed by atoms with Gasteiger partial charge in [0, 0.05) is 30.4 Å². The summed E-state index contributed by atoms with van der Waals surface area (Å²) in [6, 6.07) is 6.07. The Morgan fingerprint density at radius 3 is 2.95 bits per heavy atom. The van der Waals surface area contributed by atoms with E-state index in [2.05, 4.69) is 17.9 Å². The summed E-state index contributed by atoms with van der Waals surface area (Å²) >= 11 is 0. The van der Waals surface area contributed by atoms with E-state index in [1.165, 1.54) is 5.69 Å². The number of benzene rings is 1. The lowest BCUT2D eigenvalue weighted by atomic mass is 10.0. The van der Waals surface area contributed by atoms with Crippen LogP contribution in [0.25, 0.3) is 0 Å². The highest BCUT2D eigenvalue weighted by atomic mass is 16.5. The largest absolute Gasteiger partial charge is 0.496 e. The van der Waals surface area contributed by atoms with Gasteiger partial charge < -0.3 is 20.1 Å². The number of nitrogens with zero attached hydrogens (tertiary/aromatic N) is 1. The van der Waals surface area contributed by atoms with Gasteiger partial charge in [-0.05, 0) is 25.5 Å². The van der Waals surface area contributed by atoms with E-state index in [1.807, 2.05) is 19.1 Å². The first-order valence-corrected chi connectivity index (χ1v) is 6.96. The maximum atomic E-state index is 6.13. The van der Waals surface area contributed by atoms with Crippen LogP contribution >= 0.6 is 0 Å². The van der Waals surface area contributed by atoms with Gasteiger partial charge in [0.05, 0.1) is 19.8 Å². The fourth-order valence-electron chi connectivity index (χ4n) is 2.63. The lowest BCUT2D eigenvalue weighted by Gasteiger charge is -2.36. The summed E-state index contributed by atoms with van der Waals surface area (Å²) in [4.78, 5) is 2.36. The minimum absolute atomic E-state index is 0.0472. The number of rotatable bonds is 4. The van der Waals surface area contributed by atoms with Crippen LogP contribution in [0.15, 0.2) is 18.2 Å². The molecule has 0 amide bonds. The molecule has 0 aliphatic carbocycles. The first-order chi connectivity index (χ1) is 9.17. The van der Waals surface area contributed by atoms with E-state index in [1.54, 1.807) is 7.11 Å². The van der Waals surface area contributed by atoms with Crippen molar-refractivity contribution < 1.29 is 9.47 Å². The maximum absolute atomic E-state index is 6.13. The average molecular weight is 264 g/mol. The van der Waals surface area contributed by atoms with Crippen LogP contribution in [-0.2, 0) is 4.74 Å². The normalized spacial score (nSPS) is 21.3. The van der Waals surface area contributed by atoms with Crippen molar-refractivity contribution in [2.24, 2.45) is 5.73 Å². The molecule has 0 bridgehead atoms. The van der Waals surface area contributed by atoms with E-state index in [0.29, 0.717) is 6.10 Å². The molecule has 1 fully saturated rings. The van der Waals surface area contributed by atoms with E-state index in [0.717, 1.165) is 37.4 Å². The lowest BCUT2D eigenvalue weighted by Crippen LogP contribution is -2.42. The van der Waals surface area contributed by atoms with Gasteiger partial charge in [0.25, 0.3) is 0 Å². The second-order valence-electron chi connectivity index (χ2n) is 5.03. The Bertz CT molecular complexity index is 421. The van der Waals surface area contributed by atoms with Gasteiger partial charge in [0.1, 0.15) is 5.75 Å². The minimum atomic E-state index is -0.0472. The summed E-state index contributed by atoms with van der Waals surface area (Å²) in [5, 5.41) is 0. The Kier molecular flexibility index (Phi) is 4.66. The van der Waals surface area contributed by atoms with Gasteiger partial charge in [-0.3, -0.25) is 0 Å². The molecule has 4 nitrogen and oxygen atoms in total. The molecule has 1 aliphatic heterocycles. The Labute approximate surface area is 115 Å². The third kappa shape index (κ3) is 3.01. The zero-order chi connectivity index (χ0) is 13.8. The Hall–Kier alpha value is -1.26. The van der Waals surface area contributed by atoms with Crippen molar-refractivity contribution in [2.45, 2.75) is 32.4 Å². The number of hydrogen-bond acceptors (Lipinski definition) is 4. The SMILES string of the molecule is CCC1CN(c2cccc(OC)c2C(C)N)CCO1. The fourth-order valence-corrected chi connectivity index (χ4v) is 2.63. The molecule has 2 N–H and O–H groups in total. The zero-order valence-electron chi connectivity index (χ0n) is 12.1. The van der Waals surface area contributed by atoms with E-state index in [-0.39, 0.29) is 6.04 Å². The van der Waals surface area contributed by atoms with Crippen LogP contribution in [0.3, 0.4) is 0 Å². The molecule has 2 unspecified atom stereocenters. The van der Waals surface area contributed by atoms with Crippen molar-refractivity contribution in [2.75, 3.05) is 31.7 Å². The van der Waals surface area contributed by atoms with Crippen LogP contribution < -0.4 is 15.4 Å². The van der Waals surface area contributed by atoms with Crippen molar-refractivity contribution in [3.8, 4) is 5.75 Å². The van der Waals surface area contributed by atoms with Gasteiger partial charge >= 0.3 is 0 Å². The van der Waals surface area contributed by atoms with Crippen LogP contribution in [0.4, 0.5) is 5.69 Å². The summed E-state index contributed by atoms with van der Waals surface area (Å²) in [5.41, 5.74) is 8.39. The summed E-state index contributed by atoms with van der Waals surface area (Å²) in [6.07, 6.45) is 1.34. The molecule has 2 atom stereocenters. The molecule has 1 aromatic carbocycles. The fraction of sp³-hybridized carbons (Fsp3) is 0.600. The van der Waals surface area contributed by atoms with Crippen molar-refractivity contribution in [3.05, 3.63) is 23.8 Å². The molecule has 1 heterocycles. The van der Waals surface area contributed by atoms with Crippen molar-refractivity contribution in [3.63, 3.8) is 0 Å². The van der Waals surface area contributed by atoms with Gasteiger partial charge in [-0.25, -0.2) is 0 Å². The molecule has 4 heteroatoms. The first-order valence-electron chi connectivity index (χ1n) is 6.96. The van der Waals surface area contributed by atoms with Gasteiger partial charge in [0.2, 0.25) is 0 Å². The first kappa shape index (κ1) is 14.2. The molecule has 106 valence electrons. The van der Waals surface area contributed by atoms with Gasteiger partial charge in [-0.1, -0.05) is 13.0 Å². The number of anilines is 1. The van der Waals surface area contributed by atoms with Gasteiger partial charge in [0.15, 0.2) is 0 Å². The second-order valence-corrected chi connectivity index (χ2v) is 5.03. The molecule has 0 spiro atoms. The quantitative estimate of drug-likeness (QED) is 0.906. The van der Waals surface area contributed by atoms with E-state index in [9.17, 15) is 0 Å². The van der Waals surface area contributed by atoms with Crippen LogP contribution in [0, 0.1) is 0 Å². The molecule has 0 saturated carbocycles. The van der Waals surface area contributed by atoms with Crippen LogP contribution in [0.1, 0.15) is 31.9 Å². The Morgan fingerprint density at radius 1 is 1.53 bits per heavy atom. The highest BCUT2D eigenvalue weighted by Gasteiger charge is 2.23. The topological polar surface area (TPSA) is 47.7 Å². The monoisotopic (exact) mass is 264 g/mol. The molecule has 19 heavy (non-hydrogen) atoms. The van der Waals surface area contributed by atoms with Gasteiger partial charge in [-0.2, -0.15) is 0 Å². The smallest absolute Gasteiger partial charge is 0.125 e. The van der Waals surface area contributed by atoms with E-state index in [4.69, 9.17) is 15.2 Å². The lowest BCUT2D eigenvalue weighted by molar-refractivity contribution is 0.0383. The Morgan fingerprint density at radius 2 is 2.32 bits per heavy atom. The maximum Gasteiger partial charge on any atom is 0.125 e. The second kappa shape index (κ2) is 6.26. The number of methoxy groups -OCH3 is 1. The van der Waals surface area contributed by atoms with Crippen molar-refractivity contribution >= 4 is 5.69 Å². The predicted octanol–water partition coefficient (Wildman–Crippen LogP) is 2.33. The van der Waals surface area contributed by atoms with E-state index < -0.39 is 0 Å². The molecular weight excluding hydrogens is 240 g/mol. The number of hydrogen-bond donors (Lipinski definition) is 1. The summed E-state index contributed by atoms with van der Waals surface area (Å²) in [7, 11) is 1.69. The highest BCUT2D eigenvalue weighted by molar-refractivity contribution is 5.61. The summed E-state index contributed by atoms with van der Waals surface area (Å²) in [5.74, 6) is 0.868. The number of ether oxygens (including phenoxy) is 2. The molecule has 2 rings (SSSR count).